The summed E-state index contributed by atoms with van der Waals surface area (Å²) in [5.41, 5.74) is 0.702. The molecule has 1 aromatic carbocycles. The summed E-state index contributed by atoms with van der Waals surface area (Å²) in [4.78, 5) is 25.1. The Hall–Kier alpha value is -1.39. The van der Waals surface area contributed by atoms with Crippen molar-refractivity contribution in [1.82, 2.24) is 4.90 Å². The molecule has 1 atom stereocenters. The van der Waals surface area contributed by atoms with Gasteiger partial charge in [0, 0.05) is 0 Å². The fourth-order valence-corrected chi connectivity index (χ4v) is 2.09. The third-order valence-corrected chi connectivity index (χ3v) is 3.05. The normalized spacial score (nSPS) is 22.6. The van der Waals surface area contributed by atoms with Gasteiger partial charge in [0.25, 0.3) is 11.8 Å². The van der Waals surface area contributed by atoms with E-state index < -0.39 is 0 Å². The van der Waals surface area contributed by atoms with Gasteiger partial charge in [-0.2, -0.15) is 0 Å². The summed E-state index contributed by atoms with van der Waals surface area (Å²) in [7, 11) is 0. The fourth-order valence-electron chi connectivity index (χ4n) is 1.84. The molecule has 2 heterocycles. The van der Waals surface area contributed by atoms with Crippen LogP contribution in [0.5, 0.6) is 0 Å². The maximum Gasteiger partial charge on any atom is 0.263 e. The number of epoxide rings is 1. The predicted octanol–water partition coefficient (Wildman–Crippen LogP) is 1.33. The summed E-state index contributed by atoms with van der Waals surface area (Å²) in [5.74, 6) is -0.598. The first-order valence-electron chi connectivity index (χ1n) is 4.95. The number of halogens is 1. The first-order valence-corrected chi connectivity index (χ1v) is 5.32. The number of benzene rings is 1. The molecule has 1 aromatic rings. The second kappa shape index (κ2) is 3.30. The van der Waals surface area contributed by atoms with E-state index in [9.17, 15) is 9.59 Å². The van der Waals surface area contributed by atoms with Crippen molar-refractivity contribution < 1.29 is 14.3 Å². The van der Waals surface area contributed by atoms with Gasteiger partial charge in [0.2, 0.25) is 0 Å². The molecular weight excluding hydrogens is 230 g/mol. The average Bonchev–Trinajstić information content (AvgIpc) is 3.03. The van der Waals surface area contributed by atoms with Gasteiger partial charge in [-0.05, 0) is 12.1 Å². The van der Waals surface area contributed by atoms with E-state index in [1.807, 2.05) is 0 Å². The van der Waals surface area contributed by atoms with Gasteiger partial charge in [-0.25, -0.2) is 0 Å². The molecule has 3 rings (SSSR count). The fraction of sp³-hybridized carbons (Fsp3) is 0.273. The Kier molecular flexibility index (Phi) is 2.02. The summed E-state index contributed by atoms with van der Waals surface area (Å²) in [6.45, 7) is 0.934. The highest BCUT2D eigenvalue weighted by molar-refractivity contribution is 6.37. The first kappa shape index (κ1) is 9.81. The van der Waals surface area contributed by atoms with Crippen LogP contribution in [0.1, 0.15) is 20.7 Å². The molecule has 1 saturated heterocycles. The number of hydrogen-bond donors (Lipinski definition) is 0. The van der Waals surface area contributed by atoms with E-state index in [2.05, 4.69) is 0 Å². The van der Waals surface area contributed by atoms with E-state index in [0.717, 1.165) is 0 Å². The van der Waals surface area contributed by atoms with Crippen molar-refractivity contribution in [2.75, 3.05) is 13.2 Å². The Morgan fingerprint density at radius 1 is 1.38 bits per heavy atom. The van der Waals surface area contributed by atoms with Gasteiger partial charge in [0.15, 0.2) is 0 Å². The number of carbonyl (C=O) groups is 2. The van der Waals surface area contributed by atoms with Crippen molar-refractivity contribution in [3.05, 3.63) is 34.3 Å². The molecule has 1 unspecified atom stereocenters. The summed E-state index contributed by atoms with van der Waals surface area (Å²) >= 11 is 5.92. The van der Waals surface area contributed by atoms with Crippen molar-refractivity contribution in [3.63, 3.8) is 0 Å². The zero-order valence-corrected chi connectivity index (χ0v) is 9.03. The van der Waals surface area contributed by atoms with Gasteiger partial charge in [0.05, 0.1) is 35.4 Å². The first-order chi connectivity index (χ1) is 7.68. The van der Waals surface area contributed by atoms with Gasteiger partial charge in [0.1, 0.15) is 0 Å². The molecule has 82 valence electrons. The van der Waals surface area contributed by atoms with Crippen LogP contribution in [0, 0.1) is 0 Å². The number of ether oxygens (including phenoxy) is 1. The van der Waals surface area contributed by atoms with Gasteiger partial charge < -0.3 is 4.74 Å². The molecule has 2 aliphatic heterocycles. The number of amides is 2. The van der Waals surface area contributed by atoms with E-state index in [-0.39, 0.29) is 17.9 Å². The number of rotatable bonds is 2. The lowest BCUT2D eigenvalue weighted by Crippen LogP contribution is -2.33. The maximum atomic E-state index is 12.0. The molecule has 0 spiro atoms. The molecule has 5 heteroatoms. The lowest BCUT2D eigenvalue weighted by Gasteiger charge is -2.11. The van der Waals surface area contributed by atoms with Crippen LogP contribution in [0.2, 0.25) is 5.02 Å². The van der Waals surface area contributed by atoms with Crippen LogP contribution in [-0.4, -0.2) is 36.0 Å². The predicted molar refractivity (Wildman–Crippen MR) is 56.6 cm³/mol. The standard InChI is InChI=1S/C11H8ClNO3/c12-8-3-1-2-7-9(8)11(15)13(10(7)14)4-6-5-16-6/h1-3,6H,4-5H2. The van der Waals surface area contributed by atoms with Gasteiger partial charge in [-0.15, -0.1) is 0 Å². The highest BCUT2D eigenvalue weighted by Crippen LogP contribution is 2.30. The van der Waals surface area contributed by atoms with Crippen LogP contribution in [0.3, 0.4) is 0 Å². The van der Waals surface area contributed by atoms with Crippen LogP contribution in [0.4, 0.5) is 0 Å². The average molecular weight is 238 g/mol. The number of imide groups is 1. The number of fused-ring (bicyclic) bond motifs is 1. The Morgan fingerprint density at radius 2 is 2.12 bits per heavy atom. The molecule has 0 aromatic heterocycles. The van der Waals surface area contributed by atoms with E-state index in [1.165, 1.54) is 4.90 Å². The second-order valence-corrected chi connectivity index (χ2v) is 4.25. The zero-order chi connectivity index (χ0) is 11.3. The molecule has 0 radical (unpaired) electrons. The van der Waals surface area contributed by atoms with E-state index >= 15 is 0 Å². The van der Waals surface area contributed by atoms with Crippen LogP contribution in [-0.2, 0) is 4.74 Å². The topological polar surface area (TPSA) is 49.9 Å². The lowest BCUT2D eigenvalue weighted by atomic mass is 10.1. The highest BCUT2D eigenvalue weighted by atomic mass is 35.5. The molecule has 0 N–H and O–H groups in total. The summed E-state index contributed by atoms with van der Waals surface area (Å²) in [5, 5.41) is 0.329. The SMILES string of the molecule is O=C1c2cccc(Cl)c2C(=O)N1CC1CO1. The van der Waals surface area contributed by atoms with Crippen LogP contribution in [0.15, 0.2) is 18.2 Å². The van der Waals surface area contributed by atoms with Crippen molar-refractivity contribution in [3.8, 4) is 0 Å². The molecular formula is C11H8ClNO3. The third-order valence-electron chi connectivity index (χ3n) is 2.74. The van der Waals surface area contributed by atoms with Gasteiger partial charge in [-0.1, -0.05) is 17.7 Å². The Labute approximate surface area is 96.7 Å². The minimum atomic E-state index is -0.318. The molecule has 1 fully saturated rings. The van der Waals surface area contributed by atoms with E-state index in [1.54, 1.807) is 18.2 Å². The zero-order valence-electron chi connectivity index (χ0n) is 8.27. The van der Waals surface area contributed by atoms with Gasteiger partial charge in [-0.3, -0.25) is 14.5 Å². The van der Waals surface area contributed by atoms with Crippen LogP contribution < -0.4 is 0 Å². The smallest absolute Gasteiger partial charge is 0.263 e. The van der Waals surface area contributed by atoms with Crippen molar-refractivity contribution in [1.29, 1.82) is 0 Å². The number of carbonyl (C=O) groups excluding carboxylic acids is 2. The highest BCUT2D eigenvalue weighted by Gasteiger charge is 2.40. The minimum absolute atomic E-state index is 0.000915. The minimum Gasteiger partial charge on any atom is -0.371 e. The largest absolute Gasteiger partial charge is 0.371 e. The molecule has 4 nitrogen and oxygen atoms in total. The van der Waals surface area contributed by atoms with Crippen LogP contribution >= 0.6 is 11.6 Å². The Morgan fingerprint density at radius 3 is 2.75 bits per heavy atom. The Bertz CT molecular complexity index is 496. The third kappa shape index (κ3) is 1.34. The molecule has 2 aliphatic rings. The lowest BCUT2D eigenvalue weighted by molar-refractivity contribution is 0.0642. The summed E-state index contributed by atoms with van der Waals surface area (Å²) in [6.07, 6.45) is 0.000915. The maximum absolute atomic E-state index is 12.0. The van der Waals surface area contributed by atoms with Crippen molar-refractivity contribution in [2.45, 2.75) is 6.10 Å². The van der Waals surface area contributed by atoms with E-state index in [4.69, 9.17) is 16.3 Å². The number of nitrogens with zero attached hydrogens (tertiary/aromatic N) is 1. The molecule has 0 aliphatic carbocycles. The van der Waals surface area contributed by atoms with Crippen LogP contribution in [0.25, 0.3) is 0 Å². The van der Waals surface area contributed by atoms with Crippen molar-refractivity contribution in [2.24, 2.45) is 0 Å². The van der Waals surface area contributed by atoms with Gasteiger partial charge >= 0.3 is 0 Å². The summed E-state index contributed by atoms with van der Waals surface area (Å²) in [6, 6.07) is 4.90. The quantitative estimate of drug-likeness (QED) is 0.576. The molecule has 2 amide bonds. The van der Waals surface area contributed by atoms with E-state index in [0.29, 0.717) is 29.3 Å². The second-order valence-electron chi connectivity index (χ2n) is 3.84. The van der Waals surface area contributed by atoms with Crippen molar-refractivity contribution >= 4 is 23.4 Å². The molecule has 16 heavy (non-hydrogen) atoms. The molecule has 0 bridgehead atoms. The Balaban J connectivity index is 2.01. The molecule has 0 saturated carbocycles. The monoisotopic (exact) mass is 237 g/mol. The number of hydrogen-bond acceptors (Lipinski definition) is 3. The summed E-state index contributed by atoms with van der Waals surface area (Å²) < 4.78 is 5.02.